The topological polar surface area (TPSA) is 61.4 Å². The summed E-state index contributed by atoms with van der Waals surface area (Å²) in [6.07, 6.45) is 3.68. The molecule has 6 heteroatoms. The molecule has 4 nitrogen and oxygen atoms in total. The van der Waals surface area contributed by atoms with Crippen LogP contribution in [0.5, 0.6) is 0 Å². The van der Waals surface area contributed by atoms with Gasteiger partial charge in [0.2, 0.25) is 0 Å². The zero-order valence-electron chi connectivity index (χ0n) is 10.6. The fourth-order valence-electron chi connectivity index (χ4n) is 1.54. The maximum absolute atomic E-state index is 11.6. The second-order valence-corrected chi connectivity index (χ2v) is 4.96. The number of nitrogens with one attached hydrogen (secondary N) is 2. The summed E-state index contributed by atoms with van der Waals surface area (Å²) in [4.78, 5) is 11.6. The number of urea groups is 1. The van der Waals surface area contributed by atoms with Gasteiger partial charge in [-0.3, -0.25) is 0 Å². The molecule has 0 aliphatic heterocycles. The van der Waals surface area contributed by atoms with Gasteiger partial charge < -0.3 is 15.7 Å². The van der Waals surface area contributed by atoms with Crippen LogP contribution in [0.1, 0.15) is 25.7 Å². The third kappa shape index (κ3) is 6.66. The largest absolute Gasteiger partial charge is 0.396 e. The number of anilines is 1. The number of rotatable bonds is 7. The zero-order chi connectivity index (χ0) is 14.1. The number of halogens is 2. The van der Waals surface area contributed by atoms with E-state index in [1.165, 1.54) is 0 Å². The molecule has 0 aromatic heterocycles. The van der Waals surface area contributed by atoms with Crippen LogP contribution in [-0.2, 0) is 0 Å². The number of carbonyl (C=O) groups is 1. The van der Waals surface area contributed by atoms with Gasteiger partial charge >= 0.3 is 6.03 Å². The van der Waals surface area contributed by atoms with E-state index < -0.39 is 0 Å². The summed E-state index contributed by atoms with van der Waals surface area (Å²) in [5.74, 6) is 0. The molecular formula is C13H18Cl2N2O2. The Labute approximate surface area is 123 Å². The highest BCUT2D eigenvalue weighted by molar-refractivity contribution is 6.42. The van der Waals surface area contributed by atoms with E-state index >= 15 is 0 Å². The Balaban J connectivity index is 2.21. The van der Waals surface area contributed by atoms with Gasteiger partial charge in [0.05, 0.1) is 10.0 Å². The lowest BCUT2D eigenvalue weighted by Crippen LogP contribution is -2.29. The third-order valence-corrected chi connectivity index (χ3v) is 3.29. The van der Waals surface area contributed by atoms with Crippen molar-refractivity contribution in [3.8, 4) is 0 Å². The lowest BCUT2D eigenvalue weighted by atomic mass is 10.2. The van der Waals surface area contributed by atoms with Crippen molar-refractivity contribution in [1.29, 1.82) is 0 Å². The summed E-state index contributed by atoms with van der Waals surface area (Å²) in [5, 5.41) is 14.9. The minimum atomic E-state index is -0.263. The molecule has 2 amide bonds. The van der Waals surface area contributed by atoms with E-state index in [0.717, 1.165) is 25.7 Å². The van der Waals surface area contributed by atoms with Crippen LogP contribution in [0.15, 0.2) is 18.2 Å². The number of hydrogen-bond donors (Lipinski definition) is 3. The SMILES string of the molecule is O=C(NCCCCCCO)Nc1ccc(Cl)c(Cl)c1. The molecule has 19 heavy (non-hydrogen) atoms. The fourth-order valence-corrected chi connectivity index (χ4v) is 1.84. The Morgan fingerprint density at radius 3 is 2.53 bits per heavy atom. The lowest BCUT2D eigenvalue weighted by molar-refractivity contribution is 0.251. The quantitative estimate of drug-likeness (QED) is 0.673. The van der Waals surface area contributed by atoms with Crippen molar-refractivity contribution >= 4 is 34.9 Å². The van der Waals surface area contributed by atoms with Crippen molar-refractivity contribution in [2.45, 2.75) is 25.7 Å². The Morgan fingerprint density at radius 2 is 1.84 bits per heavy atom. The smallest absolute Gasteiger partial charge is 0.319 e. The molecule has 106 valence electrons. The minimum absolute atomic E-state index is 0.227. The molecule has 0 aliphatic carbocycles. The normalized spacial score (nSPS) is 10.3. The van der Waals surface area contributed by atoms with E-state index in [1.54, 1.807) is 18.2 Å². The molecule has 0 heterocycles. The first-order valence-electron chi connectivity index (χ1n) is 6.24. The number of aliphatic hydroxyl groups excluding tert-OH is 1. The second-order valence-electron chi connectivity index (χ2n) is 4.15. The lowest BCUT2D eigenvalue weighted by Gasteiger charge is -2.08. The van der Waals surface area contributed by atoms with Crippen molar-refractivity contribution in [2.75, 3.05) is 18.5 Å². The van der Waals surface area contributed by atoms with Crippen molar-refractivity contribution in [3.05, 3.63) is 28.2 Å². The van der Waals surface area contributed by atoms with Crippen LogP contribution < -0.4 is 10.6 Å². The van der Waals surface area contributed by atoms with Gasteiger partial charge in [-0.1, -0.05) is 36.0 Å². The highest BCUT2D eigenvalue weighted by Crippen LogP contribution is 2.24. The maximum Gasteiger partial charge on any atom is 0.319 e. The Morgan fingerprint density at radius 1 is 1.11 bits per heavy atom. The molecule has 0 spiro atoms. The van der Waals surface area contributed by atoms with Gasteiger partial charge in [-0.25, -0.2) is 4.79 Å². The van der Waals surface area contributed by atoms with Gasteiger partial charge in [-0.15, -0.1) is 0 Å². The first-order chi connectivity index (χ1) is 9.13. The number of aliphatic hydroxyl groups is 1. The summed E-state index contributed by atoms with van der Waals surface area (Å²) in [5.41, 5.74) is 0.604. The van der Waals surface area contributed by atoms with Crippen molar-refractivity contribution < 1.29 is 9.90 Å². The summed E-state index contributed by atoms with van der Waals surface area (Å²) < 4.78 is 0. The summed E-state index contributed by atoms with van der Waals surface area (Å²) in [7, 11) is 0. The number of carbonyl (C=O) groups excluding carboxylic acids is 1. The van der Waals surface area contributed by atoms with Gasteiger partial charge in [0.25, 0.3) is 0 Å². The average molecular weight is 305 g/mol. The molecule has 0 bridgehead atoms. The predicted molar refractivity (Wildman–Crippen MR) is 79.0 cm³/mol. The van der Waals surface area contributed by atoms with Gasteiger partial charge in [0.15, 0.2) is 0 Å². The van der Waals surface area contributed by atoms with Crippen molar-refractivity contribution in [3.63, 3.8) is 0 Å². The zero-order valence-corrected chi connectivity index (χ0v) is 12.1. The highest BCUT2D eigenvalue weighted by atomic mass is 35.5. The first-order valence-corrected chi connectivity index (χ1v) is 7.00. The molecule has 0 saturated heterocycles. The maximum atomic E-state index is 11.6. The number of unbranched alkanes of at least 4 members (excludes halogenated alkanes) is 3. The summed E-state index contributed by atoms with van der Waals surface area (Å²) in [6.45, 7) is 0.837. The Kier molecular flexibility index (Phi) is 7.63. The number of benzene rings is 1. The average Bonchev–Trinajstić information content (AvgIpc) is 2.38. The highest BCUT2D eigenvalue weighted by Gasteiger charge is 2.03. The van der Waals surface area contributed by atoms with E-state index in [1.807, 2.05) is 0 Å². The summed E-state index contributed by atoms with van der Waals surface area (Å²) >= 11 is 11.6. The molecule has 0 fully saturated rings. The van der Waals surface area contributed by atoms with E-state index in [0.29, 0.717) is 22.3 Å². The van der Waals surface area contributed by atoms with Crippen LogP contribution in [0, 0.1) is 0 Å². The van der Waals surface area contributed by atoms with Crippen molar-refractivity contribution in [1.82, 2.24) is 5.32 Å². The minimum Gasteiger partial charge on any atom is -0.396 e. The van der Waals surface area contributed by atoms with Gasteiger partial charge in [-0.2, -0.15) is 0 Å². The standard InChI is InChI=1S/C13H18Cl2N2O2/c14-11-6-5-10(9-12(11)15)17-13(19)16-7-3-1-2-4-8-18/h5-6,9,18H,1-4,7-8H2,(H2,16,17,19). The third-order valence-electron chi connectivity index (χ3n) is 2.55. The first kappa shape index (κ1) is 16.1. The Hall–Kier alpha value is -0.970. The monoisotopic (exact) mass is 304 g/mol. The molecule has 1 rings (SSSR count). The van der Waals surface area contributed by atoms with Crippen LogP contribution in [-0.4, -0.2) is 24.3 Å². The second kappa shape index (κ2) is 9.02. The Bertz CT molecular complexity index is 414. The van der Waals surface area contributed by atoms with E-state index in [4.69, 9.17) is 28.3 Å². The van der Waals surface area contributed by atoms with E-state index in [9.17, 15) is 4.79 Å². The predicted octanol–water partition coefficient (Wildman–Crippen LogP) is 3.67. The van der Waals surface area contributed by atoms with Crippen molar-refractivity contribution in [2.24, 2.45) is 0 Å². The van der Waals surface area contributed by atoms with Gasteiger partial charge in [0, 0.05) is 18.8 Å². The molecule has 0 atom stereocenters. The van der Waals surface area contributed by atoms with Crippen LogP contribution in [0.2, 0.25) is 10.0 Å². The number of hydrogen-bond acceptors (Lipinski definition) is 2. The van der Waals surface area contributed by atoms with Crippen LogP contribution >= 0.6 is 23.2 Å². The van der Waals surface area contributed by atoms with Crippen LogP contribution in [0.25, 0.3) is 0 Å². The molecule has 0 aliphatic rings. The van der Waals surface area contributed by atoms with E-state index in [-0.39, 0.29) is 12.6 Å². The molecule has 1 aromatic carbocycles. The molecule has 1 aromatic rings. The van der Waals surface area contributed by atoms with Crippen LogP contribution in [0.3, 0.4) is 0 Å². The van der Waals surface area contributed by atoms with Gasteiger partial charge in [-0.05, 0) is 31.0 Å². The molecule has 0 radical (unpaired) electrons. The molecule has 0 saturated carbocycles. The number of amides is 2. The molecular weight excluding hydrogens is 287 g/mol. The fraction of sp³-hybridized carbons (Fsp3) is 0.462. The van der Waals surface area contributed by atoms with E-state index in [2.05, 4.69) is 10.6 Å². The molecule has 3 N–H and O–H groups in total. The van der Waals surface area contributed by atoms with Crippen LogP contribution in [0.4, 0.5) is 10.5 Å². The molecule has 0 unspecified atom stereocenters. The summed E-state index contributed by atoms with van der Waals surface area (Å²) in [6, 6.07) is 4.66. The van der Waals surface area contributed by atoms with Gasteiger partial charge in [0.1, 0.15) is 0 Å².